The minimum atomic E-state index is 0.632. The first-order valence-corrected chi connectivity index (χ1v) is 7.32. The number of fused-ring (bicyclic) bond motifs is 1. The van der Waals surface area contributed by atoms with E-state index in [1.165, 1.54) is 23.7 Å². The second kappa shape index (κ2) is 5.57. The van der Waals surface area contributed by atoms with Gasteiger partial charge in [-0.3, -0.25) is 4.99 Å². The molecule has 0 radical (unpaired) electrons. The number of guanidine groups is 1. The number of hydrogen-bond acceptors (Lipinski definition) is 1. The van der Waals surface area contributed by atoms with Gasteiger partial charge in [0.15, 0.2) is 5.96 Å². The molecule has 0 spiro atoms. The van der Waals surface area contributed by atoms with Crippen LogP contribution in [0.5, 0.6) is 0 Å². The molecule has 0 aliphatic heterocycles. The minimum absolute atomic E-state index is 0.632. The van der Waals surface area contributed by atoms with E-state index in [4.69, 9.17) is 5.73 Å². The van der Waals surface area contributed by atoms with Crippen molar-refractivity contribution in [2.24, 2.45) is 10.7 Å². The van der Waals surface area contributed by atoms with Gasteiger partial charge in [0.1, 0.15) is 0 Å². The molecule has 0 saturated heterocycles. The summed E-state index contributed by atoms with van der Waals surface area (Å²) in [5.74, 6) is 0.685. The Morgan fingerprint density at radius 2 is 2.15 bits per heavy atom. The van der Waals surface area contributed by atoms with Gasteiger partial charge in [-0.15, -0.1) is 0 Å². The smallest absolute Gasteiger partial charge is 0.191 e. The summed E-state index contributed by atoms with van der Waals surface area (Å²) in [6.07, 6.45) is 5.66. The predicted molar refractivity (Wildman–Crippen MR) is 83.8 cm³/mol. The van der Waals surface area contributed by atoms with Gasteiger partial charge in [-0.05, 0) is 36.8 Å². The van der Waals surface area contributed by atoms with E-state index in [0.29, 0.717) is 12.0 Å². The van der Waals surface area contributed by atoms with Crippen LogP contribution in [0.4, 0.5) is 0 Å². The predicted octanol–water partition coefficient (Wildman–Crippen LogP) is 2.44. The largest absolute Gasteiger partial charge is 0.370 e. The molecule has 106 valence electrons. The monoisotopic (exact) mass is 270 g/mol. The summed E-state index contributed by atoms with van der Waals surface area (Å²) in [6, 6.07) is 11.3. The Morgan fingerprint density at radius 1 is 1.35 bits per heavy atom. The second-order valence-electron chi connectivity index (χ2n) is 5.50. The molecule has 0 atom stereocenters. The summed E-state index contributed by atoms with van der Waals surface area (Å²) in [7, 11) is 2.04. The highest BCUT2D eigenvalue weighted by atomic mass is 15.3. The molecule has 3 rings (SSSR count). The first-order valence-electron chi connectivity index (χ1n) is 7.32. The van der Waals surface area contributed by atoms with Crippen LogP contribution in [0, 0.1) is 0 Å². The molecule has 0 unspecified atom stereocenters. The lowest BCUT2D eigenvalue weighted by molar-refractivity contribution is 0.486. The van der Waals surface area contributed by atoms with Gasteiger partial charge in [0.2, 0.25) is 0 Å². The highest BCUT2D eigenvalue weighted by Crippen LogP contribution is 2.24. The van der Waals surface area contributed by atoms with Crippen molar-refractivity contribution in [2.45, 2.75) is 31.8 Å². The minimum Gasteiger partial charge on any atom is -0.370 e. The summed E-state index contributed by atoms with van der Waals surface area (Å²) in [5, 5.41) is 1.30. The van der Waals surface area contributed by atoms with Crippen molar-refractivity contribution in [3.63, 3.8) is 0 Å². The Labute approximate surface area is 119 Å². The maximum atomic E-state index is 5.98. The number of nitrogens with two attached hydrogens (primary N) is 1. The lowest BCUT2D eigenvalue weighted by atomic mass is 10.2. The molecule has 0 amide bonds. The van der Waals surface area contributed by atoms with Gasteiger partial charge in [-0.25, -0.2) is 0 Å². The van der Waals surface area contributed by atoms with Crippen molar-refractivity contribution in [1.82, 2.24) is 9.47 Å². The molecular formula is C16H22N4. The number of rotatable bonds is 5. The number of aryl methyl sites for hydroxylation is 1. The van der Waals surface area contributed by atoms with Gasteiger partial charge in [0.05, 0.1) is 0 Å². The van der Waals surface area contributed by atoms with Gasteiger partial charge in [-0.2, -0.15) is 0 Å². The van der Waals surface area contributed by atoms with Gasteiger partial charge >= 0.3 is 0 Å². The fraction of sp³-hybridized carbons (Fsp3) is 0.438. The third-order valence-corrected chi connectivity index (χ3v) is 3.97. The van der Waals surface area contributed by atoms with Crippen LogP contribution in [-0.4, -0.2) is 35.1 Å². The molecule has 1 fully saturated rings. The molecule has 1 aliphatic rings. The number of para-hydroxylation sites is 1. The van der Waals surface area contributed by atoms with Crippen LogP contribution >= 0.6 is 0 Å². The number of nitrogens with zero attached hydrogens (tertiary/aromatic N) is 3. The first kappa shape index (κ1) is 13.0. The topological polar surface area (TPSA) is 46.5 Å². The summed E-state index contributed by atoms with van der Waals surface area (Å²) >= 11 is 0. The Hall–Kier alpha value is -1.97. The number of benzene rings is 1. The van der Waals surface area contributed by atoms with E-state index in [0.717, 1.165) is 19.5 Å². The van der Waals surface area contributed by atoms with Crippen molar-refractivity contribution >= 4 is 16.9 Å². The summed E-state index contributed by atoms with van der Waals surface area (Å²) < 4.78 is 2.28. The van der Waals surface area contributed by atoms with E-state index in [2.05, 4.69) is 51.0 Å². The third-order valence-electron chi connectivity index (χ3n) is 3.97. The maximum Gasteiger partial charge on any atom is 0.191 e. The van der Waals surface area contributed by atoms with Crippen molar-refractivity contribution in [1.29, 1.82) is 0 Å². The summed E-state index contributed by atoms with van der Waals surface area (Å²) in [6.45, 7) is 1.77. The van der Waals surface area contributed by atoms with Gasteiger partial charge in [0.25, 0.3) is 0 Å². The molecule has 1 heterocycles. The quantitative estimate of drug-likeness (QED) is 0.515. The molecule has 2 aromatic rings. The Balaban J connectivity index is 1.53. The lowest BCUT2D eigenvalue weighted by Crippen LogP contribution is -2.35. The highest BCUT2D eigenvalue weighted by molar-refractivity contribution is 5.80. The Kier molecular flexibility index (Phi) is 3.63. The van der Waals surface area contributed by atoms with Crippen molar-refractivity contribution in [3.05, 3.63) is 36.5 Å². The van der Waals surface area contributed by atoms with Crippen LogP contribution in [0.15, 0.2) is 41.5 Å². The van der Waals surface area contributed by atoms with Crippen molar-refractivity contribution < 1.29 is 0 Å². The molecule has 0 bridgehead atoms. The fourth-order valence-corrected chi connectivity index (χ4v) is 2.53. The molecule has 1 aliphatic carbocycles. The Morgan fingerprint density at radius 3 is 2.95 bits per heavy atom. The molecular weight excluding hydrogens is 248 g/mol. The van der Waals surface area contributed by atoms with Crippen molar-refractivity contribution in [3.8, 4) is 0 Å². The van der Waals surface area contributed by atoms with Gasteiger partial charge < -0.3 is 15.2 Å². The van der Waals surface area contributed by atoms with E-state index in [1.54, 1.807) is 0 Å². The maximum absolute atomic E-state index is 5.98. The van der Waals surface area contributed by atoms with Crippen molar-refractivity contribution in [2.75, 3.05) is 13.6 Å². The second-order valence-corrected chi connectivity index (χ2v) is 5.50. The van der Waals surface area contributed by atoms with E-state index in [1.807, 2.05) is 7.05 Å². The zero-order chi connectivity index (χ0) is 13.9. The van der Waals surface area contributed by atoms with Crippen LogP contribution in [0.25, 0.3) is 10.9 Å². The van der Waals surface area contributed by atoms with Crippen LogP contribution in [-0.2, 0) is 6.54 Å². The SMILES string of the molecule is CN(C(N)=NCCCn1ccc2ccccc21)C1CC1. The third kappa shape index (κ3) is 2.79. The zero-order valence-electron chi connectivity index (χ0n) is 12.0. The summed E-state index contributed by atoms with van der Waals surface area (Å²) in [5.41, 5.74) is 7.27. The summed E-state index contributed by atoms with van der Waals surface area (Å²) in [4.78, 5) is 6.57. The highest BCUT2D eigenvalue weighted by Gasteiger charge is 2.27. The molecule has 4 heteroatoms. The van der Waals surface area contributed by atoms with E-state index in [9.17, 15) is 0 Å². The van der Waals surface area contributed by atoms with Crippen LogP contribution in [0.3, 0.4) is 0 Å². The average Bonchev–Trinajstić information content (AvgIpc) is 3.24. The Bertz CT molecular complexity index is 610. The number of aromatic nitrogens is 1. The molecule has 4 nitrogen and oxygen atoms in total. The van der Waals surface area contributed by atoms with E-state index < -0.39 is 0 Å². The van der Waals surface area contributed by atoms with Crippen LogP contribution in [0.1, 0.15) is 19.3 Å². The van der Waals surface area contributed by atoms with E-state index in [-0.39, 0.29) is 0 Å². The van der Waals surface area contributed by atoms with Gasteiger partial charge in [0, 0.05) is 37.9 Å². The normalized spacial score (nSPS) is 15.8. The standard InChI is InChI=1S/C16H22N4/c1-19(14-7-8-14)16(17)18-10-4-11-20-12-9-13-5-2-3-6-15(13)20/h2-3,5-6,9,12,14H,4,7-8,10-11H2,1H3,(H2,17,18). The van der Waals surface area contributed by atoms with E-state index >= 15 is 0 Å². The number of hydrogen-bond donors (Lipinski definition) is 1. The molecule has 1 aromatic heterocycles. The lowest BCUT2D eigenvalue weighted by Gasteiger charge is -2.16. The molecule has 1 aromatic carbocycles. The fourth-order valence-electron chi connectivity index (χ4n) is 2.53. The number of aliphatic imine (C=N–C) groups is 1. The van der Waals surface area contributed by atoms with Gasteiger partial charge in [-0.1, -0.05) is 18.2 Å². The molecule has 20 heavy (non-hydrogen) atoms. The first-order chi connectivity index (χ1) is 9.75. The molecule has 1 saturated carbocycles. The van der Waals surface area contributed by atoms with Crippen LogP contribution in [0.2, 0.25) is 0 Å². The van der Waals surface area contributed by atoms with Crippen LogP contribution < -0.4 is 5.73 Å². The zero-order valence-corrected chi connectivity index (χ0v) is 12.0. The molecule has 2 N–H and O–H groups in total. The average molecular weight is 270 g/mol.